The van der Waals surface area contributed by atoms with Crippen molar-refractivity contribution in [3.63, 3.8) is 0 Å². The molecule has 0 atom stereocenters. The van der Waals surface area contributed by atoms with Gasteiger partial charge in [0.1, 0.15) is 0 Å². The smallest absolute Gasteiger partial charge is 0.255 e. The van der Waals surface area contributed by atoms with Crippen LogP contribution >= 0.6 is 23.8 Å². The normalized spacial score (nSPS) is 13.6. The number of hydrogen-bond donors (Lipinski definition) is 2. The highest BCUT2D eigenvalue weighted by Gasteiger charge is 2.21. The average Bonchev–Trinajstić information content (AvgIpc) is 2.73. The molecule has 5 nitrogen and oxygen atoms in total. The van der Waals surface area contributed by atoms with Gasteiger partial charge in [0, 0.05) is 24.5 Å². The van der Waals surface area contributed by atoms with Crippen LogP contribution in [0.5, 0.6) is 0 Å². The van der Waals surface area contributed by atoms with Crippen molar-refractivity contribution in [1.82, 2.24) is 10.2 Å². The van der Waals surface area contributed by atoms with E-state index >= 15 is 0 Å². The quantitative estimate of drug-likeness (QED) is 0.691. The van der Waals surface area contributed by atoms with Crippen molar-refractivity contribution in [2.75, 3.05) is 18.4 Å². The number of likely N-dealkylation sites (tertiary alicyclic amines) is 1. The number of nitrogens with one attached hydrogen (secondary N) is 2. The first-order valence-electron chi connectivity index (χ1n) is 9.77. The Morgan fingerprint density at radius 2 is 1.69 bits per heavy atom. The Bertz CT molecular complexity index is 897. The topological polar surface area (TPSA) is 61.4 Å². The number of nitrogens with zero attached hydrogens (tertiary/aromatic N) is 1. The van der Waals surface area contributed by atoms with Gasteiger partial charge in [-0.3, -0.25) is 9.59 Å². The zero-order valence-corrected chi connectivity index (χ0v) is 17.7. The third-order valence-corrected chi connectivity index (χ3v) is 5.45. The van der Waals surface area contributed by atoms with Crippen molar-refractivity contribution in [3.8, 4) is 0 Å². The number of halogens is 1. The summed E-state index contributed by atoms with van der Waals surface area (Å²) in [5.41, 5.74) is 2.07. The lowest BCUT2D eigenvalue weighted by atomic mass is 10.1. The summed E-state index contributed by atoms with van der Waals surface area (Å²) < 4.78 is 0. The molecule has 0 bridgehead atoms. The molecule has 2 aromatic rings. The van der Waals surface area contributed by atoms with Crippen LogP contribution in [0.2, 0.25) is 5.02 Å². The first-order valence-corrected chi connectivity index (χ1v) is 10.6. The fourth-order valence-corrected chi connectivity index (χ4v) is 3.79. The van der Waals surface area contributed by atoms with Crippen LogP contribution in [0.3, 0.4) is 0 Å². The number of carbonyl (C=O) groups is 2. The Hall–Kier alpha value is -2.44. The zero-order chi connectivity index (χ0) is 20.6. The summed E-state index contributed by atoms with van der Waals surface area (Å²) in [5.74, 6) is -0.220. The SMILES string of the molecule is O=C(CCc1ccccc1Cl)NC(=S)Nc1ccccc1C(=O)N1CCCCC1. The molecule has 0 radical (unpaired) electrons. The van der Waals surface area contributed by atoms with Gasteiger partial charge in [-0.25, -0.2) is 0 Å². The van der Waals surface area contributed by atoms with Crippen molar-refractivity contribution in [2.24, 2.45) is 0 Å². The molecule has 0 spiro atoms. The lowest BCUT2D eigenvalue weighted by molar-refractivity contribution is -0.119. The second-order valence-electron chi connectivity index (χ2n) is 6.99. The molecule has 29 heavy (non-hydrogen) atoms. The van der Waals surface area contributed by atoms with E-state index in [1.807, 2.05) is 35.2 Å². The molecule has 0 saturated carbocycles. The fraction of sp³-hybridized carbons (Fsp3) is 0.318. The van der Waals surface area contributed by atoms with Crippen LogP contribution in [0.15, 0.2) is 48.5 Å². The number of benzene rings is 2. The number of amides is 2. The van der Waals surface area contributed by atoms with Gasteiger partial charge in [-0.15, -0.1) is 0 Å². The van der Waals surface area contributed by atoms with Gasteiger partial charge in [0.15, 0.2) is 5.11 Å². The molecule has 2 aromatic carbocycles. The standard InChI is InChI=1S/C22H24ClN3O2S/c23-18-10-4-2-8-16(18)12-13-20(27)25-22(29)24-19-11-5-3-9-17(19)21(28)26-14-6-1-7-15-26/h2-5,8-11H,1,6-7,12-15H2,(H2,24,25,27,29). The Labute approximate surface area is 181 Å². The highest BCUT2D eigenvalue weighted by molar-refractivity contribution is 7.80. The van der Waals surface area contributed by atoms with E-state index < -0.39 is 0 Å². The van der Waals surface area contributed by atoms with Gasteiger partial charge in [-0.2, -0.15) is 0 Å². The molecule has 2 amide bonds. The van der Waals surface area contributed by atoms with Crippen molar-refractivity contribution >= 4 is 46.4 Å². The number of hydrogen-bond acceptors (Lipinski definition) is 3. The summed E-state index contributed by atoms with van der Waals surface area (Å²) in [6.07, 6.45) is 4.01. The first kappa shape index (κ1) is 21.3. The molecule has 1 heterocycles. The van der Waals surface area contributed by atoms with E-state index in [1.54, 1.807) is 18.2 Å². The summed E-state index contributed by atoms with van der Waals surface area (Å²) in [6.45, 7) is 1.55. The molecule has 2 N–H and O–H groups in total. The maximum atomic E-state index is 12.9. The van der Waals surface area contributed by atoms with Gasteiger partial charge in [0.2, 0.25) is 5.91 Å². The molecule has 1 aliphatic rings. The summed E-state index contributed by atoms with van der Waals surface area (Å²) in [6, 6.07) is 14.7. The molecule has 0 aliphatic carbocycles. The molecule has 3 rings (SSSR count). The minimum Gasteiger partial charge on any atom is -0.339 e. The fourth-order valence-electron chi connectivity index (χ4n) is 3.34. The van der Waals surface area contributed by atoms with Gasteiger partial charge >= 0.3 is 0 Å². The van der Waals surface area contributed by atoms with Crippen LogP contribution in [0, 0.1) is 0 Å². The Kier molecular flexibility index (Phi) is 7.61. The van der Waals surface area contributed by atoms with Crippen molar-refractivity contribution in [2.45, 2.75) is 32.1 Å². The first-order chi connectivity index (χ1) is 14.0. The van der Waals surface area contributed by atoms with Crippen LogP contribution in [0.4, 0.5) is 5.69 Å². The van der Waals surface area contributed by atoms with Crippen LogP contribution < -0.4 is 10.6 Å². The largest absolute Gasteiger partial charge is 0.339 e. The number of aryl methyl sites for hydroxylation is 1. The molecule has 1 aliphatic heterocycles. The van der Waals surface area contributed by atoms with E-state index in [0.717, 1.165) is 37.9 Å². The number of carbonyl (C=O) groups excluding carboxylic acids is 2. The van der Waals surface area contributed by atoms with Gasteiger partial charge in [-0.05, 0) is 61.7 Å². The second-order valence-corrected chi connectivity index (χ2v) is 7.81. The third-order valence-electron chi connectivity index (χ3n) is 4.88. The highest BCUT2D eigenvalue weighted by Crippen LogP contribution is 2.20. The highest BCUT2D eigenvalue weighted by atomic mass is 35.5. The number of piperidine rings is 1. The molecule has 0 aromatic heterocycles. The Morgan fingerprint density at radius 3 is 2.45 bits per heavy atom. The van der Waals surface area contributed by atoms with E-state index in [2.05, 4.69) is 10.6 Å². The number of thiocarbonyl (C=S) groups is 1. The van der Waals surface area contributed by atoms with Gasteiger partial charge < -0.3 is 15.5 Å². The minimum atomic E-state index is -0.206. The predicted octanol–water partition coefficient (Wildman–Crippen LogP) is 4.41. The Balaban J connectivity index is 1.57. The summed E-state index contributed by atoms with van der Waals surface area (Å²) in [7, 11) is 0. The van der Waals surface area contributed by atoms with E-state index in [9.17, 15) is 9.59 Å². The van der Waals surface area contributed by atoms with Crippen LogP contribution in [-0.4, -0.2) is 34.9 Å². The lowest BCUT2D eigenvalue weighted by Crippen LogP contribution is -2.37. The van der Waals surface area contributed by atoms with Crippen LogP contribution in [-0.2, 0) is 11.2 Å². The number of anilines is 1. The van der Waals surface area contributed by atoms with Crippen LogP contribution in [0.1, 0.15) is 41.6 Å². The third kappa shape index (κ3) is 6.02. The van der Waals surface area contributed by atoms with E-state index in [4.69, 9.17) is 23.8 Å². The molecule has 1 fully saturated rings. The summed E-state index contributed by atoms with van der Waals surface area (Å²) in [4.78, 5) is 27.0. The van der Waals surface area contributed by atoms with Gasteiger partial charge in [0.25, 0.3) is 5.91 Å². The summed E-state index contributed by atoms with van der Waals surface area (Å²) >= 11 is 11.4. The average molecular weight is 430 g/mol. The predicted molar refractivity (Wildman–Crippen MR) is 120 cm³/mol. The number of rotatable bonds is 5. The number of para-hydroxylation sites is 1. The maximum absolute atomic E-state index is 12.9. The molecule has 1 saturated heterocycles. The molecular formula is C22H24ClN3O2S. The van der Waals surface area contributed by atoms with Crippen molar-refractivity contribution < 1.29 is 9.59 Å². The Morgan fingerprint density at radius 1 is 1.00 bits per heavy atom. The summed E-state index contributed by atoms with van der Waals surface area (Å²) in [5, 5.41) is 6.49. The van der Waals surface area contributed by atoms with Gasteiger partial charge in [-0.1, -0.05) is 41.9 Å². The molecular weight excluding hydrogens is 406 g/mol. The molecule has 152 valence electrons. The van der Waals surface area contributed by atoms with E-state index in [1.165, 1.54) is 0 Å². The lowest BCUT2D eigenvalue weighted by Gasteiger charge is -2.27. The molecule has 0 unspecified atom stereocenters. The molecule has 7 heteroatoms. The minimum absolute atomic E-state index is 0.0133. The van der Waals surface area contributed by atoms with Crippen molar-refractivity contribution in [1.29, 1.82) is 0 Å². The van der Waals surface area contributed by atoms with E-state index in [-0.39, 0.29) is 23.3 Å². The second kappa shape index (κ2) is 10.4. The maximum Gasteiger partial charge on any atom is 0.255 e. The van der Waals surface area contributed by atoms with Crippen molar-refractivity contribution in [3.05, 3.63) is 64.7 Å². The van der Waals surface area contributed by atoms with Crippen LogP contribution in [0.25, 0.3) is 0 Å². The van der Waals surface area contributed by atoms with E-state index in [0.29, 0.717) is 22.7 Å². The van der Waals surface area contributed by atoms with Gasteiger partial charge in [0.05, 0.1) is 11.3 Å². The monoisotopic (exact) mass is 429 g/mol. The zero-order valence-electron chi connectivity index (χ0n) is 16.1.